The van der Waals surface area contributed by atoms with Crippen molar-refractivity contribution in [3.63, 3.8) is 0 Å². The second-order valence-electron chi connectivity index (χ2n) is 6.47. The average molecular weight is 397 g/mol. The summed E-state index contributed by atoms with van der Waals surface area (Å²) in [5, 5.41) is 61.7. The molecule has 0 radical (unpaired) electrons. The van der Waals surface area contributed by atoms with Gasteiger partial charge in [0.15, 0.2) is 12.6 Å². The summed E-state index contributed by atoms with van der Waals surface area (Å²) in [6.07, 6.45) is -12.3. The first kappa shape index (κ1) is 22.4. The van der Waals surface area contributed by atoms with Gasteiger partial charge in [0, 0.05) is 14.0 Å². The van der Waals surface area contributed by atoms with Gasteiger partial charge in [-0.15, -0.1) is 0 Å². The zero-order valence-electron chi connectivity index (χ0n) is 14.9. The van der Waals surface area contributed by atoms with E-state index in [0.717, 1.165) is 0 Å². The molecule has 2 aliphatic heterocycles. The molecule has 7 N–H and O–H groups in total. The molecule has 0 spiro atoms. The number of carbonyl (C=O) groups is 1. The van der Waals surface area contributed by atoms with E-state index in [4.69, 9.17) is 18.9 Å². The highest BCUT2D eigenvalue weighted by atomic mass is 16.7. The summed E-state index contributed by atoms with van der Waals surface area (Å²) in [6, 6.07) is -1.22. The van der Waals surface area contributed by atoms with Gasteiger partial charge in [0.25, 0.3) is 0 Å². The van der Waals surface area contributed by atoms with E-state index in [2.05, 4.69) is 5.32 Å². The monoisotopic (exact) mass is 397 g/mol. The number of aliphatic hydroxyl groups excluding tert-OH is 6. The summed E-state index contributed by atoms with van der Waals surface area (Å²) in [7, 11) is 1.23. The molecule has 10 atom stereocenters. The van der Waals surface area contributed by atoms with Crippen LogP contribution in [0, 0.1) is 0 Å². The lowest BCUT2D eigenvalue weighted by atomic mass is 9.95. The molecule has 0 aromatic rings. The van der Waals surface area contributed by atoms with E-state index in [-0.39, 0.29) is 0 Å². The van der Waals surface area contributed by atoms with Crippen LogP contribution in [0.15, 0.2) is 0 Å². The first-order valence-electron chi connectivity index (χ1n) is 8.45. The molecule has 2 rings (SSSR count). The summed E-state index contributed by atoms with van der Waals surface area (Å²) >= 11 is 0. The number of hydrogen-bond acceptors (Lipinski definition) is 11. The number of rotatable bonds is 6. The van der Waals surface area contributed by atoms with E-state index in [1.54, 1.807) is 0 Å². The summed E-state index contributed by atoms with van der Waals surface area (Å²) in [6.45, 7) is -0.0716. The van der Waals surface area contributed by atoms with Crippen LogP contribution in [-0.2, 0) is 23.7 Å². The molecule has 2 aliphatic rings. The Bertz CT molecular complexity index is 494. The van der Waals surface area contributed by atoms with Crippen LogP contribution in [-0.4, -0.2) is 118 Å². The van der Waals surface area contributed by atoms with E-state index < -0.39 is 80.5 Å². The minimum atomic E-state index is -1.60. The second kappa shape index (κ2) is 9.52. The maximum absolute atomic E-state index is 11.4. The molecule has 2 saturated heterocycles. The van der Waals surface area contributed by atoms with Crippen molar-refractivity contribution in [2.24, 2.45) is 0 Å². The fraction of sp³-hybridized carbons (Fsp3) is 0.933. The predicted molar refractivity (Wildman–Crippen MR) is 85.0 cm³/mol. The molecular weight excluding hydrogens is 370 g/mol. The highest BCUT2D eigenvalue weighted by Gasteiger charge is 2.51. The van der Waals surface area contributed by atoms with Crippen molar-refractivity contribution >= 4 is 5.91 Å². The van der Waals surface area contributed by atoms with Gasteiger partial charge in [-0.3, -0.25) is 4.79 Å². The summed E-state index contributed by atoms with van der Waals surface area (Å²) in [5.41, 5.74) is 0. The standard InChI is InChI=1S/C15H27NO11/c1-5(19)16-8-12(10(21)7(4-18)25-14(8)23)27-15-13(24-2)11(22)9(20)6(3-17)26-15/h6-15,17-18,20-23H,3-4H2,1-2H3,(H,16,19)/t6-,7-,8-,9+,10-,11+,12-,13-,14?,15+/m1/s1. The van der Waals surface area contributed by atoms with E-state index in [0.29, 0.717) is 0 Å². The van der Waals surface area contributed by atoms with Crippen molar-refractivity contribution < 1.29 is 54.4 Å². The van der Waals surface area contributed by atoms with Crippen LogP contribution >= 0.6 is 0 Å². The Balaban J connectivity index is 2.25. The fourth-order valence-electron chi connectivity index (χ4n) is 3.21. The van der Waals surface area contributed by atoms with Gasteiger partial charge in [-0.1, -0.05) is 0 Å². The van der Waals surface area contributed by atoms with Gasteiger partial charge in [-0.25, -0.2) is 0 Å². The Kier molecular flexibility index (Phi) is 7.88. The van der Waals surface area contributed by atoms with Crippen molar-refractivity contribution in [3.8, 4) is 0 Å². The van der Waals surface area contributed by atoms with Gasteiger partial charge in [0.2, 0.25) is 5.91 Å². The number of aliphatic hydroxyl groups is 6. The normalized spacial score (nSPS) is 45.5. The largest absolute Gasteiger partial charge is 0.394 e. The maximum atomic E-state index is 11.4. The first-order chi connectivity index (χ1) is 12.7. The molecule has 0 aromatic carbocycles. The lowest BCUT2D eigenvalue weighted by molar-refractivity contribution is -0.344. The molecule has 1 amide bonds. The smallest absolute Gasteiger partial charge is 0.217 e. The Hall–Kier alpha value is -0.930. The van der Waals surface area contributed by atoms with Crippen LogP contribution in [0.5, 0.6) is 0 Å². The van der Waals surface area contributed by atoms with E-state index in [1.165, 1.54) is 14.0 Å². The van der Waals surface area contributed by atoms with E-state index >= 15 is 0 Å². The molecule has 12 nitrogen and oxygen atoms in total. The van der Waals surface area contributed by atoms with E-state index in [1.807, 2.05) is 0 Å². The van der Waals surface area contributed by atoms with Crippen molar-refractivity contribution in [2.45, 2.75) is 68.3 Å². The number of methoxy groups -OCH3 is 1. The maximum Gasteiger partial charge on any atom is 0.217 e. The number of hydrogen-bond donors (Lipinski definition) is 7. The van der Waals surface area contributed by atoms with Gasteiger partial charge in [-0.2, -0.15) is 0 Å². The molecule has 2 heterocycles. The van der Waals surface area contributed by atoms with Gasteiger partial charge < -0.3 is 54.9 Å². The van der Waals surface area contributed by atoms with Crippen molar-refractivity contribution in [1.82, 2.24) is 5.32 Å². The highest BCUT2D eigenvalue weighted by molar-refractivity contribution is 5.73. The van der Waals surface area contributed by atoms with Gasteiger partial charge in [-0.05, 0) is 0 Å². The number of carbonyl (C=O) groups excluding carboxylic acids is 1. The first-order valence-corrected chi connectivity index (χ1v) is 8.45. The summed E-state index contributed by atoms with van der Waals surface area (Å²) in [4.78, 5) is 11.4. The third-order valence-electron chi connectivity index (χ3n) is 4.63. The van der Waals surface area contributed by atoms with Crippen LogP contribution in [0.4, 0.5) is 0 Å². The Morgan fingerprint density at radius 3 is 2.07 bits per heavy atom. The van der Waals surface area contributed by atoms with E-state index in [9.17, 15) is 35.4 Å². The molecule has 1 unspecified atom stereocenters. The number of nitrogens with one attached hydrogen (secondary N) is 1. The Morgan fingerprint density at radius 2 is 1.56 bits per heavy atom. The second-order valence-corrected chi connectivity index (χ2v) is 6.47. The molecule has 158 valence electrons. The van der Waals surface area contributed by atoms with Crippen LogP contribution in [0.2, 0.25) is 0 Å². The van der Waals surface area contributed by atoms with Crippen molar-refractivity contribution in [3.05, 3.63) is 0 Å². The highest BCUT2D eigenvalue weighted by Crippen LogP contribution is 2.29. The van der Waals surface area contributed by atoms with Crippen LogP contribution in [0.25, 0.3) is 0 Å². The minimum absolute atomic E-state index is 0.539. The Labute approximate surface area is 155 Å². The summed E-state index contributed by atoms with van der Waals surface area (Å²) in [5.74, 6) is -0.539. The number of ether oxygens (including phenoxy) is 4. The van der Waals surface area contributed by atoms with Crippen LogP contribution < -0.4 is 5.32 Å². The third-order valence-corrected chi connectivity index (χ3v) is 4.63. The fourth-order valence-corrected chi connectivity index (χ4v) is 3.21. The SMILES string of the molecule is CO[C@H]1[C@H](O[C@H]2[C@H](O)[C@@H](CO)OC(O)[C@@H]2NC(C)=O)O[C@H](CO)[C@H](O)[C@@H]1O. The lowest BCUT2D eigenvalue weighted by Crippen LogP contribution is -2.67. The topological polar surface area (TPSA) is 187 Å². The molecule has 12 heteroatoms. The van der Waals surface area contributed by atoms with Gasteiger partial charge >= 0.3 is 0 Å². The average Bonchev–Trinajstić information content (AvgIpc) is 2.63. The zero-order valence-corrected chi connectivity index (χ0v) is 14.9. The molecule has 0 aromatic heterocycles. The van der Waals surface area contributed by atoms with Crippen molar-refractivity contribution in [2.75, 3.05) is 20.3 Å². The molecule has 2 fully saturated rings. The predicted octanol–water partition coefficient (Wildman–Crippen LogP) is -4.60. The minimum Gasteiger partial charge on any atom is -0.394 e. The molecular formula is C15H27NO11. The lowest BCUT2D eigenvalue weighted by Gasteiger charge is -2.47. The zero-order chi connectivity index (χ0) is 20.3. The molecule has 0 bridgehead atoms. The van der Waals surface area contributed by atoms with Gasteiger partial charge in [0.05, 0.1) is 13.2 Å². The van der Waals surface area contributed by atoms with Crippen molar-refractivity contribution in [1.29, 1.82) is 0 Å². The molecule has 0 aliphatic carbocycles. The summed E-state index contributed by atoms with van der Waals surface area (Å²) < 4.78 is 21.3. The number of amides is 1. The molecule has 27 heavy (non-hydrogen) atoms. The quantitative estimate of drug-likeness (QED) is 0.228. The van der Waals surface area contributed by atoms with Gasteiger partial charge in [0.1, 0.15) is 48.8 Å². The third kappa shape index (κ3) is 4.74. The van der Waals surface area contributed by atoms with Crippen LogP contribution in [0.3, 0.4) is 0 Å². The van der Waals surface area contributed by atoms with Crippen LogP contribution in [0.1, 0.15) is 6.92 Å². The Morgan fingerprint density at radius 1 is 0.963 bits per heavy atom. The molecule has 0 saturated carbocycles.